The van der Waals surface area contributed by atoms with Crippen LogP contribution in [0.15, 0.2) is 34.9 Å². The zero-order valence-electron chi connectivity index (χ0n) is 5.66. The van der Waals surface area contributed by atoms with E-state index in [1.807, 2.05) is 24.3 Å². The van der Waals surface area contributed by atoms with Gasteiger partial charge in [0.2, 0.25) is 0 Å². The highest BCUT2D eigenvalue weighted by atomic mass is 79.9. The van der Waals surface area contributed by atoms with Crippen molar-refractivity contribution in [1.29, 1.82) is 0 Å². The fourth-order valence-electron chi connectivity index (χ4n) is 1.09. The van der Waals surface area contributed by atoms with Crippen LogP contribution in [0.1, 0.15) is 0 Å². The van der Waals surface area contributed by atoms with E-state index in [9.17, 15) is 5.21 Å². The van der Waals surface area contributed by atoms with Crippen molar-refractivity contribution in [2.75, 3.05) is 0 Å². The average molecular weight is 212 g/mol. The molecular weight excluding hydrogens is 206 g/mol. The number of benzene rings is 1. The van der Waals surface area contributed by atoms with Crippen LogP contribution in [0.5, 0.6) is 0 Å². The summed E-state index contributed by atoms with van der Waals surface area (Å²) < 4.78 is 2.08. The van der Waals surface area contributed by atoms with Crippen LogP contribution in [-0.4, -0.2) is 9.94 Å². The number of halogens is 1. The quantitative estimate of drug-likeness (QED) is 0.667. The van der Waals surface area contributed by atoms with E-state index in [2.05, 4.69) is 15.9 Å². The third-order valence-electron chi connectivity index (χ3n) is 1.63. The molecule has 0 bridgehead atoms. The molecule has 1 aromatic heterocycles. The number of hydrogen-bond acceptors (Lipinski definition) is 1. The molecule has 2 aromatic rings. The monoisotopic (exact) mass is 211 g/mol. The van der Waals surface area contributed by atoms with Gasteiger partial charge in [-0.2, -0.15) is 4.73 Å². The van der Waals surface area contributed by atoms with Gasteiger partial charge in [0.25, 0.3) is 0 Å². The van der Waals surface area contributed by atoms with Crippen LogP contribution in [0.3, 0.4) is 0 Å². The Labute approximate surface area is 72.1 Å². The Morgan fingerprint density at radius 3 is 2.91 bits per heavy atom. The van der Waals surface area contributed by atoms with Crippen molar-refractivity contribution in [3.8, 4) is 0 Å². The van der Waals surface area contributed by atoms with E-state index in [1.165, 1.54) is 0 Å². The van der Waals surface area contributed by atoms with Crippen LogP contribution in [0.4, 0.5) is 0 Å². The number of aromatic nitrogens is 1. The number of fused-ring (bicyclic) bond motifs is 1. The van der Waals surface area contributed by atoms with Gasteiger partial charge < -0.3 is 5.21 Å². The van der Waals surface area contributed by atoms with E-state index in [1.54, 1.807) is 6.20 Å². The van der Waals surface area contributed by atoms with E-state index in [-0.39, 0.29) is 0 Å². The minimum absolute atomic E-state index is 0.819. The Hall–Kier alpha value is -0.960. The van der Waals surface area contributed by atoms with Gasteiger partial charge in [-0.3, -0.25) is 0 Å². The van der Waals surface area contributed by atoms with Crippen molar-refractivity contribution in [1.82, 2.24) is 4.73 Å². The van der Waals surface area contributed by atoms with Crippen LogP contribution < -0.4 is 0 Å². The van der Waals surface area contributed by atoms with Gasteiger partial charge in [-0.05, 0) is 18.2 Å². The molecule has 2 rings (SSSR count). The molecule has 0 aliphatic heterocycles. The fraction of sp³-hybridized carbons (Fsp3) is 0. The van der Waals surface area contributed by atoms with Gasteiger partial charge in [-0.15, -0.1) is 0 Å². The molecule has 1 aromatic carbocycles. The zero-order valence-corrected chi connectivity index (χ0v) is 7.25. The molecule has 0 radical (unpaired) electrons. The predicted octanol–water partition coefficient (Wildman–Crippen LogP) is 2.64. The average Bonchev–Trinajstić information content (AvgIpc) is 2.33. The highest BCUT2D eigenvalue weighted by Gasteiger charge is 1.98. The molecule has 0 spiro atoms. The van der Waals surface area contributed by atoms with Crippen LogP contribution in [0.25, 0.3) is 10.9 Å². The third kappa shape index (κ3) is 1.01. The van der Waals surface area contributed by atoms with Gasteiger partial charge >= 0.3 is 0 Å². The minimum atomic E-state index is 0.819. The summed E-state index contributed by atoms with van der Waals surface area (Å²) in [5.41, 5.74) is 0.819. The van der Waals surface area contributed by atoms with E-state index in [0.29, 0.717) is 0 Å². The van der Waals surface area contributed by atoms with Crippen LogP contribution in [0, 0.1) is 0 Å². The van der Waals surface area contributed by atoms with E-state index < -0.39 is 0 Å². The number of nitrogens with zero attached hydrogens (tertiary/aromatic N) is 1. The molecule has 0 fully saturated rings. The van der Waals surface area contributed by atoms with E-state index in [0.717, 1.165) is 20.1 Å². The molecule has 0 amide bonds. The van der Waals surface area contributed by atoms with Crippen molar-refractivity contribution in [3.05, 3.63) is 34.9 Å². The van der Waals surface area contributed by atoms with E-state index in [4.69, 9.17) is 0 Å². The first-order valence-corrected chi connectivity index (χ1v) is 4.02. The molecule has 2 nitrogen and oxygen atoms in total. The summed E-state index contributed by atoms with van der Waals surface area (Å²) in [6, 6.07) is 7.63. The SMILES string of the molecule is On1ccc2ccc(Br)cc21. The molecule has 0 aliphatic carbocycles. The largest absolute Gasteiger partial charge is 0.428 e. The lowest BCUT2D eigenvalue weighted by molar-refractivity contribution is 0.200. The lowest BCUT2D eigenvalue weighted by atomic mass is 10.3. The molecule has 56 valence electrons. The van der Waals surface area contributed by atoms with Crippen molar-refractivity contribution >= 4 is 26.8 Å². The summed E-state index contributed by atoms with van der Waals surface area (Å²) in [6.45, 7) is 0. The Morgan fingerprint density at radius 1 is 1.27 bits per heavy atom. The van der Waals surface area contributed by atoms with Gasteiger partial charge in [-0.1, -0.05) is 22.0 Å². The summed E-state index contributed by atoms with van der Waals surface area (Å²) in [4.78, 5) is 0. The van der Waals surface area contributed by atoms with Gasteiger partial charge in [0.15, 0.2) is 0 Å². The molecule has 1 N–H and O–H groups in total. The fourth-order valence-corrected chi connectivity index (χ4v) is 1.44. The lowest BCUT2D eigenvalue weighted by Crippen LogP contribution is -1.84. The maximum atomic E-state index is 9.23. The lowest BCUT2D eigenvalue weighted by Gasteiger charge is -1.94. The molecule has 0 atom stereocenters. The normalized spacial score (nSPS) is 10.6. The number of rotatable bonds is 0. The van der Waals surface area contributed by atoms with Crippen molar-refractivity contribution in [2.24, 2.45) is 0 Å². The second-order valence-electron chi connectivity index (χ2n) is 2.36. The highest BCUT2D eigenvalue weighted by molar-refractivity contribution is 9.10. The zero-order chi connectivity index (χ0) is 7.84. The first kappa shape index (κ1) is 6.73. The van der Waals surface area contributed by atoms with Gasteiger partial charge in [-0.25, -0.2) is 0 Å². The van der Waals surface area contributed by atoms with Crippen LogP contribution >= 0.6 is 15.9 Å². The standard InChI is InChI=1S/C8H6BrNO/c9-7-2-1-6-3-4-10(11)8(6)5-7/h1-5,11H. The molecule has 0 aliphatic rings. The van der Waals surface area contributed by atoms with Gasteiger partial charge in [0.1, 0.15) is 0 Å². The molecule has 11 heavy (non-hydrogen) atoms. The van der Waals surface area contributed by atoms with Gasteiger partial charge in [0.05, 0.1) is 5.52 Å². The molecule has 0 saturated carbocycles. The van der Waals surface area contributed by atoms with Crippen LogP contribution in [-0.2, 0) is 0 Å². The molecule has 0 unspecified atom stereocenters. The molecule has 3 heteroatoms. The molecule has 0 saturated heterocycles. The Bertz CT molecular complexity index is 394. The maximum absolute atomic E-state index is 9.23. The van der Waals surface area contributed by atoms with Crippen molar-refractivity contribution in [2.45, 2.75) is 0 Å². The predicted molar refractivity (Wildman–Crippen MR) is 46.8 cm³/mol. The summed E-state index contributed by atoms with van der Waals surface area (Å²) in [6.07, 6.45) is 1.62. The Morgan fingerprint density at radius 2 is 2.09 bits per heavy atom. The van der Waals surface area contributed by atoms with Crippen LogP contribution in [0.2, 0.25) is 0 Å². The second kappa shape index (κ2) is 2.27. The summed E-state index contributed by atoms with van der Waals surface area (Å²) in [5, 5.41) is 10.3. The first-order chi connectivity index (χ1) is 5.27. The minimum Gasteiger partial charge on any atom is -0.428 e. The van der Waals surface area contributed by atoms with Gasteiger partial charge in [0, 0.05) is 16.1 Å². The Kier molecular flexibility index (Phi) is 1.39. The summed E-state index contributed by atoms with van der Waals surface area (Å²) in [7, 11) is 0. The van der Waals surface area contributed by atoms with Crippen molar-refractivity contribution in [3.63, 3.8) is 0 Å². The first-order valence-electron chi connectivity index (χ1n) is 3.23. The molecule has 1 heterocycles. The topological polar surface area (TPSA) is 25.2 Å². The smallest absolute Gasteiger partial charge is 0.0876 e. The molecular formula is C8H6BrNO. The Balaban J connectivity index is 2.87. The summed E-state index contributed by atoms with van der Waals surface area (Å²) in [5.74, 6) is 0. The third-order valence-corrected chi connectivity index (χ3v) is 2.13. The van der Waals surface area contributed by atoms with Crippen molar-refractivity contribution < 1.29 is 5.21 Å². The summed E-state index contributed by atoms with van der Waals surface area (Å²) >= 11 is 3.33. The number of hydrogen-bond donors (Lipinski definition) is 1. The van der Waals surface area contributed by atoms with E-state index >= 15 is 0 Å². The maximum Gasteiger partial charge on any atom is 0.0876 e. The second-order valence-corrected chi connectivity index (χ2v) is 3.28. The highest BCUT2D eigenvalue weighted by Crippen LogP contribution is 2.19.